The molecule has 9 heteroatoms. The lowest BCUT2D eigenvalue weighted by Gasteiger charge is -2.28. The van der Waals surface area contributed by atoms with E-state index < -0.39 is 10.0 Å². The van der Waals surface area contributed by atoms with E-state index in [1.807, 2.05) is 6.07 Å². The second-order valence-electron chi connectivity index (χ2n) is 8.63. The van der Waals surface area contributed by atoms with Crippen molar-refractivity contribution < 1.29 is 26.8 Å². The molecule has 0 spiro atoms. The number of rotatable bonds is 11. The number of benzene rings is 2. The third-order valence-corrected chi connectivity index (χ3v) is 7.66. The van der Waals surface area contributed by atoms with Gasteiger partial charge in [0.2, 0.25) is 15.9 Å². The predicted molar refractivity (Wildman–Crippen MR) is 129 cm³/mol. The van der Waals surface area contributed by atoms with E-state index in [2.05, 4.69) is 0 Å². The molecule has 2 aromatic carbocycles. The quantitative estimate of drug-likeness (QED) is 0.398. The number of sulfonamides is 1. The third kappa shape index (κ3) is 7.24. The highest BCUT2D eigenvalue weighted by atomic mass is 32.2. The highest BCUT2D eigenvalue weighted by Gasteiger charge is 2.31. The molecule has 1 fully saturated rings. The van der Waals surface area contributed by atoms with Gasteiger partial charge in [-0.15, -0.1) is 0 Å². The molecule has 0 aliphatic carbocycles. The maximum absolute atomic E-state index is 13.5. The Labute approximate surface area is 205 Å². The van der Waals surface area contributed by atoms with Gasteiger partial charge < -0.3 is 14.1 Å². The molecule has 4 rings (SSSR count). The summed E-state index contributed by atoms with van der Waals surface area (Å²) in [5.41, 5.74) is 1.38. The van der Waals surface area contributed by atoms with E-state index in [1.165, 1.54) is 27.6 Å². The number of hydrogen-bond acceptors (Lipinski definition) is 5. The van der Waals surface area contributed by atoms with Crippen molar-refractivity contribution in [1.29, 1.82) is 0 Å². The van der Waals surface area contributed by atoms with Gasteiger partial charge in [0.1, 0.15) is 11.6 Å². The van der Waals surface area contributed by atoms with E-state index in [4.69, 9.17) is 9.15 Å². The van der Waals surface area contributed by atoms with Gasteiger partial charge in [-0.05, 0) is 48.2 Å². The van der Waals surface area contributed by atoms with Gasteiger partial charge in [-0.1, -0.05) is 42.5 Å². The number of carbonyl (C=O) groups is 1. The van der Waals surface area contributed by atoms with Crippen LogP contribution in [-0.2, 0) is 38.4 Å². The van der Waals surface area contributed by atoms with Crippen molar-refractivity contribution in [2.75, 3.05) is 19.7 Å². The van der Waals surface area contributed by atoms with Crippen LogP contribution in [0, 0.1) is 5.82 Å². The van der Waals surface area contributed by atoms with Gasteiger partial charge in [-0.25, -0.2) is 12.8 Å². The smallest absolute Gasteiger partial charge is 0.238 e. The van der Waals surface area contributed by atoms with Crippen LogP contribution in [0.5, 0.6) is 0 Å². The van der Waals surface area contributed by atoms with Crippen LogP contribution >= 0.6 is 0 Å². The third-order valence-electron chi connectivity index (χ3n) is 5.89. The number of carbonyl (C=O) groups excluding carboxylic acids is 1. The van der Waals surface area contributed by atoms with E-state index in [-0.39, 0.29) is 49.8 Å². The second-order valence-corrected chi connectivity index (χ2v) is 10.6. The lowest BCUT2D eigenvalue weighted by atomic mass is 10.2. The molecular formula is C26H29FN2O5S. The van der Waals surface area contributed by atoms with Crippen LogP contribution in [0.4, 0.5) is 4.39 Å². The molecule has 1 aliphatic rings. The first-order valence-corrected chi connectivity index (χ1v) is 13.2. The molecule has 1 aliphatic heterocycles. The topological polar surface area (TPSA) is 80.1 Å². The standard InChI is InChI=1S/C26H29FN2O5S/c27-23-12-10-21(11-13-23)16-28(17-24-8-4-14-33-24)26(30)19-29(18-25-9-5-15-34-25)35(31,32)20-22-6-2-1-3-7-22/h1-4,6-8,10-14,25H,5,9,15-20H2. The van der Waals surface area contributed by atoms with Crippen molar-refractivity contribution >= 4 is 15.9 Å². The number of amides is 1. The number of ether oxygens (including phenoxy) is 1. The van der Waals surface area contributed by atoms with Gasteiger partial charge in [-0.3, -0.25) is 4.79 Å². The second kappa shape index (κ2) is 11.6. The van der Waals surface area contributed by atoms with Crippen molar-refractivity contribution in [3.05, 3.63) is 95.7 Å². The van der Waals surface area contributed by atoms with Gasteiger partial charge in [0, 0.05) is 19.7 Å². The Kier molecular flexibility index (Phi) is 8.33. The summed E-state index contributed by atoms with van der Waals surface area (Å²) in [6.07, 6.45) is 2.88. The van der Waals surface area contributed by atoms with Gasteiger partial charge in [0.15, 0.2) is 0 Å². The number of hydrogen-bond donors (Lipinski definition) is 0. The zero-order valence-electron chi connectivity index (χ0n) is 19.4. The van der Waals surface area contributed by atoms with E-state index in [0.29, 0.717) is 17.9 Å². The zero-order valence-corrected chi connectivity index (χ0v) is 20.2. The molecule has 0 bridgehead atoms. The zero-order chi connectivity index (χ0) is 24.7. The lowest BCUT2D eigenvalue weighted by Crippen LogP contribution is -2.45. The van der Waals surface area contributed by atoms with Gasteiger partial charge >= 0.3 is 0 Å². The van der Waals surface area contributed by atoms with Crippen LogP contribution < -0.4 is 0 Å². The van der Waals surface area contributed by atoms with Gasteiger partial charge in [0.25, 0.3) is 0 Å². The van der Waals surface area contributed by atoms with Crippen molar-refractivity contribution in [2.24, 2.45) is 0 Å². The summed E-state index contributed by atoms with van der Waals surface area (Å²) >= 11 is 0. The molecule has 1 unspecified atom stereocenters. The Morgan fingerprint density at radius 1 is 0.971 bits per heavy atom. The molecule has 1 atom stereocenters. The molecule has 7 nitrogen and oxygen atoms in total. The summed E-state index contributed by atoms with van der Waals surface area (Å²) in [7, 11) is -3.80. The molecule has 35 heavy (non-hydrogen) atoms. The number of nitrogens with zero attached hydrogens (tertiary/aromatic N) is 2. The largest absolute Gasteiger partial charge is 0.467 e. The average Bonchev–Trinajstić information content (AvgIpc) is 3.54. The van der Waals surface area contributed by atoms with Crippen LogP contribution in [0.3, 0.4) is 0 Å². The van der Waals surface area contributed by atoms with Gasteiger partial charge in [-0.2, -0.15) is 4.31 Å². The van der Waals surface area contributed by atoms with Crippen molar-refractivity contribution in [3.8, 4) is 0 Å². The van der Waals surface area contributed by atoms with Crippen LogP contribution in [0.25, 0.3) is 0 Å². The van der Waals surface area contributed by atoms with Crippen LogP contribution in [0.2, 0.25) is 0 Å². The molecule has 2 heterocycles. The summed E-state index contributed by atoms with van der Waals surface area (Å²) < 4.78 is 52.5. The van der Waals surface area contributed by atoms with Crippen LogP contribution in [-0.4, -0.2) is 49.3 Å². The molecule has 1 aromatic heterocycles. The normalized spacial score (nSPS) is 16.0. The Morgan fingerprint density at radius 2 is 1.74 bits per heavy atom. The van der Waals surface area contributed by atoms with Gasteiger partial charge in [0.05, 0.1) is 31.2 Å². The summed E-state index contributed by atoms with van der Waals surface area (Å²) in [5, 5.41) is 0. The van der Waals surface area contributed by atoms with Crippen molar-refractivity contribution in [1.82, 2.24) is 9.21 Å². The summed E-state index contributed by atoms with van der Waals surface area (Å²) in [4.78, 5) is 15.0. The Hall–Kier alpha value is -3.01. The summed E-state index contributed by atoms with van der Waals surface area (Å²) in [6, 6.07) is 18.3. The highest BCUT2D eigenvalue weighted by Crippen LogP contribution is 2.19. The SMILES string of the molecule is O=C(CN(CC1CCCO1)S(=O)(=O)Cc1ccccc1)N(Cc1ccc(F)cc1)Cc1ccco1. The fourth-order valence-electron chi connectivity index (χ4n) is 4.05. The highest BCUT2D eigenvalue weighted by molar-refractivity contribution is 7.88. The molecule has 0 N–H and O–H groups in total. The molecule has 0 radical (unpaired) electrons. The van der Waals surface area contributed by atoms with E-state index in [1.54, 1.807) is 48.5 Å². The molecule has 1 saturated heterocycles. The van der Waals surface area contributed by atoms with E-state index in [9.17, 15) is 17.6 Å². The van der Waals surface area contributed by atoms with Crippen molar-refractivity contribution in [2.45, 2.75) is 37.8 Å². The van der Waals surface area contributed by atoms with Crippen LogP contribution in [0.1, 0.15) is 29.7 Å². The van der Waals surface area contributed by atoms with Crippen LogP contribution in [0.15, 0.2) is 77.4 Å². The fraction of sp³-hybridized carbons (Fsp3) is 0.346. The summed E-state index contributed by atoms with van der Waals surface area (Å²) in [6.45, 7) is 0.728. The summed E-state index contributed by atoms with van der Waals surface area (Å²) in [5.74, 6) is -0.379. The molecule has 1 amide bonds. The first-order valence-electron chi connectivity index (χ1n) is 11.6. The Bertz CT molecular complexity index is 1180. The number of furan rings is 1. The number of halogens is 1. The minimum Gasteiger partial charge on any atom is -0.467 e. The molecule has 3 aromatic rings. The first kappa shape index (κ1) is 25.1. The predicted octanol–water partition coefficient (Wildman–Crippen LogP) is 3.96. The molecular weight excluding hydrogens is 471 g/mol. The monoisotopic (exact) mass is 500 g/mol. The average molecular weight is 501 g/mol. The lowest BCUT2D eigenvalue weighted by molar-refractivity contribution is -0.133. The Morgan fingerprint density at radius 3 is 2.40 bits per heavy atom. The van der Waals surface area contributed by atoms with E-state index in [0.717, 1.165) is 18.4 Å². The molecule has 0 saturated carbocycles. The minimum absolute atomic E-state index is 0.117. The maximum Gasteiger partial charge on any atom is 0.238 e. The Balaban J connectivity index is 1.55. The maximum atomic E-state index is 13.5. The first-order chi connectivity index (χ1) is 16.9. The fourth-order valence-corrected chi connectivity index (χ4v) is 5.55. The van der Waals surface area contributed by atoms with Crippen molar-refractivity contribution in [3.63, 3.8) is 0 Å². The molecule has 186 valence electrons. The minimum atomic E-state index is -3.80. The van der Waals surface area contributed by atoms with E-state index >= 15 is 0 Å².